The van der Waals surface area contributed by atoms with Crippen molar-refractivity contribution >= 4 is 11.6 Å². The number of aliphatic hydroxyl groups is 1. The summed E-state index contributed by atoms with van der Waals surface area (Å²) in [6.07, 6.45) is 0. The van der Waals surface area contributed by atoms with E-state index in [1.807, 2.05) is 48.5 Å². The molecule has 0 aliphatic heterocycles. The van der Waals surface area contributed by atoms with Crippen molar-refractivity contribution in [2.75, 3.05) is 0 Å². The molecule has 0 fully saturated rings. The van der Waals surface area contributed by atoms with Crippen LogP contribution in [0.25, 0.3) is 11.1 Å². The summed E-state index contributed by atoms with van der Waals surface area (Å²) in [5, 5.41) is 10.3. The van der Waals surface area contributed by atoms with Gasteiger partial charge in [-0.3, -0.25) is 0 Å². The minimum absolute atomic E-state index is 0.733. The fourth-order valence-electron chi connectivity index (χ4n) is 1.61. The summed E-state index contributed by atoms with van der Waals surface area (Å²) in [7, 11) is 0. The fraction of sp³-hybridized carbons (Fsp3) is 0.176. The molecule has 0 unspecified atom stereocenters. The van der Waals surface area contributed by atoms with E-state index in [1.165, 1.54) is 0 Å². The van der Waals surface area contributed by atoms with E-state index >= 15 is 0 Å². The lowest BCUT2D eigenvalue weighted by Gasteiger charge is -2.06. The number of rotatable bonds is 1. The first-order valence-corrected chi connectivity index (χ1v) is 6.43. The summed E-state index contributed by atoms with van der Waals surface area (Å²) in [6, 6.07) is 15.6. The van der Waals surface area contributed by atoms with Crippen molar-refractivity contribution in [3.8, 4) is 23.0 Å². The van der Waals surface area contributed by atoms with E-state index in [9.17, 15) is 5.11 Å². The third-order valence-electron chi connectivity index (χ3n) is 2.58. The SMILES string of the molecule is CC(C)(O)C#Cc1ccc(-c2ccc(Cl)cc2)cc1. The molecule has 96 valence electrons. The van der Waals surface area contributed by atoms with Gasteiger partial charge in [0.25, 0.3) is 0 Å². The van der Waals surface area contributed by atoms with Gasteiger partial charge in [-0.1, -0.05) is 47.7 Å². The first-order valence-electron chi connectivity index (χ1n) is 6.06. The molecule has 19 heavy (non-hydrogen) atoms. The molecule has 0 saturated heterocycles. The van der Waals surface area contributed by atoms with Gasteiger partial charge >= 0.3 is 0 Å². The third-order valence-corrected chi connectivity index (χ3v) is 2.83. The summed E-state index contributed by atoms with van der Waals surface area (Å²) in [5.41, 5.74) is 2.16. The average molecular weight is 271 g/mol. The predicted molar refractivity (Wildman–Crippen MR) is 80.1 cm³/mol. The Morgan fingerprint density at radius 3 is 1.84 bits per heavy atom. The molecule has 2 rings (SSSR count). The number of hydrogen-bond acceptors (Lipinski definition) is 1. The second kappa shape index (κ2) is 5.48. The van der Waals surface area contributed by atoms with Gasteiger partial charge in [-0.2, -0.15) is 0 Å². The number of benzene rings is 2. The molecule has 0 aliphatic carbocycles. The van der Waals surface area contributed by atoms with Crippen molar-refractivity contribution in [2.45, 2.75) is 19.4 Å². The summed E-state index contributed by atoms with van der Waals surface area (Å²) < 4.78 is 0. The number of hydrogen-bond donors (Lipinski definition) is 1. The monoisotopic (exact) mass is 270 g/mol. The second-order valence-corrected chi connectivity index (χ2v) is 5.33. The highest BCUT2D eigenvalue weighted by atomic mass is 35.5. The van der Waals surface area contributed by atoms with Crippen LogP contribution in [-0.4, -0.2) is 10.7 Å². The van der Waals surface area contributed by atoms with E-state index in [0.717, 1.165) is 21.7 Å². The fourth-order valence-corrected chi connectivity index (χ4v) is 1.74. The van der Waals surface area contributed by atoms with Gasteiger partial charge in [0.2, 0.25) is 0 Å². The highest BCUT2D eigenvalue weighted by molar-refractivity contribution is 6.30. The normalized spacial score (nSPS) is 10.7. The van der Waals surface area contributed by atoms with Gasteiger partial charge in [0.15, 0.2) is 0 Å². The molecule has 0 radical (unpaired) electrons. The van der Waals surface area contributed by atoms with Crippen molar-refractivity contribution in [1.29, 1.82) is 0 Å². The van der Waals surface area contributed by atoms with Crippen LogP contribution in [0.1, 0.15) is 19.4 Å². The largest absolute Gasteiger partial charge is 0.378 e. The van der Waals surface area contributed by atoms with Gasteiger partial charge in [0, 0.05) is 10.6 Å². The van der Waals surface area contributed by atoms with E-state index in [2.05, 4.69) is 11.8 Å². The van der Waals surface area contributed by atoms with Gasteiger partial charge in [-0.15, -0.1) is 0 Å². The zero-order valence-electron chi connectivity index (χ0n) is 10.9. The molecule has 0 amide bonds. The molecule has 0 atom stereocenters. The predicted octanol–water partition coefficient (Wildman–Crippen LogP) is 4.13. The van der Waals surface area contributed by atoms with Gasteiger partial charge in [0.1, 0.15) is 5.60 Å². The maximum Gasteiger partial charge on any atom is 0.120 e. The quantitative estimate of drug-likeness (QED) is 0.773. The van der Waals surface area contributed by atoms with Crippen molar-refractivity contribution in [3.63, 3.8) is 0 Å². The van der Waals surface area contributed by atoms with Crippen LogP contribution in [0.15, 0.2) is 48.5 Å². The zero-order valence-corrected chi connectivity index (χ0v) is 11.7. The summed E-state index contributed by atoms with van der Waals surface area (Å²) >= 11 is 5.87. The molecular weight excluding hydrogens is 256 g/mol. The Hall–Kier alpha value is -1.75. The minimum atomic E-state index is -0.963. The summed E-state index contributed by atoms with van der Waals surface area (Å²) in [5.74, 6) is 5.74. The van der Waals surface area contributed by atoms with E-state index in [4.69, 9.17) is 11.6 Å². The topological polar surface area (TPSA) is 20.2 Å². The lowest BCUT2D eigenvalue weighted by Crippen LogP contribution is -2.14. The van der Waals surface area contributed by atoms with Crippen molar-refractivity contribution in [1.82, 2.24) is 0 Å². The average Bonchev–Trinajstić information content (AvgIpc) is 2.37. The van der Waals surface area contributed by atoms with Crippen LogP contribution in [0.5, 0.6) is 0 Å². The van der Waals surface area contributed by atoms with Gasteiger partial charge in [-0.25, -0.2) is 0 Å². The molecule has 0 spiro atoms. The van der Waals surface area contributed by atoms with E-state index in [-0.39, 0.29) is 0 Å². The van der Waals surface area contributed by atoms with Crippen molar-refractivity contribution in [3.05, 3.63) is 59.1 Å². The Morgan fingerprint density at radius 1 is 0.895 bits per heavy atom. The van der Waals surface area contributed by atoms with E-state index in [1.54, 1.807) is 13.8 Å². The van der Waals surface area contributed by atoms with Crippen LogP contribution in [0.2, 0.25) is 5.02 Å². The molecule has 2 aromatic rings. The molecule has 1 nitrogen and oxygen atoms in total. The molecule has 0 aromatic heterocycles. The Kier molecular flexibility index (Phi) is 3.95. The molecule has 0 bridgehead atoms. The van der Waals surface area contributed by atoms with Crippen molar-refractivity contribution < 1.29 is 5.11 Å². The minimum Gasteiger partial charge on any atom is -0.378 e. The number of halogens is 1. The second-order valence-electron chi connectivity index (χ2n) is 4.89. The van der Waals surface area contributed by atoms with Gasteiger partial charge < -0.3 is 5.11 Å². The first-order chi connectivity index (χ1) is 8.94. The maximum absolute atomic E-state index is 9.55. The summed E-state index contributed by atoms with van der Waals surface area (Å²) in [4.78, 5) is 0. The molecule has 0 saturated carbocycles. The Labute approximate surface area is 118 Å². The van der Waals surface area contributed by atoms with Gasteiger partial charge in [0.05, 0.1) is 0 Å². The molecule has 0 aliphatic rings. The highest BCUT2D eigenvalue weighted by Crippen LogP contribution is 2.21. The van der Waals surface area contributed by atoms with Crippen LogP contribution in [0.3, 0.4) is 0 Å². The molecule has 0 heterocycles. The third kappa shape index (κ3) is 4.13. The molecular formula is C17H15ClO. The Bertz CT molecular complexity index is 608. The standard InChI is InChI=1S/C17H15ClO/c1-17(2,19)12-11-13-3-5-14(6-4-13)15-7-9-16(18)10-8-15/h3-10,19H,1-2H3. The summed E-state index contributed by atoms with van der Waals surface area (Å²) in [6.45, 7) is 3.34. The van der Waals surface area contributed by atoms with E-state index in [0.29, 0.717) is 0 Å². The zero-order chi connectivity index (χ0) is 13.9. The highest BCUT2D eigenvalue weighted by Gasteiger charge is 2.05. The van der Waals surface area contributed by atoms with E-state index < -0.39 is 5.60 Å². The van der Waals surface area contributed by atoms with Crippen LogP contribution >= 0.6 is 11.6 Å². The van der Waals surface area contributed by atoms with Crippen molar-refractivity contribution in [2.24, 2.45) is 0 Å². The smallest absolute Gasteiger partial charge is 0.120 e. The Morgan fingerprint density at radius 2 is 1.37 bits per heavy atom. The lowest BCUT2D eigenvalue weighted by molar-refractivity contribution is 0.143. The first kappa shape index (κ1) is 13.7. The molecule has 2 aromatic carbocycles. The lowest BCUT2D eigenvalue weighted by atomic mass is 10.0. The maximum atomic E-state index is 9.55. The van der Waals surface area contributed by atoms with Crippen LogP contribution in [0, 0.1) is 11.8 Å². The molecule has 1 N–H and O–H groups in total. The van der Waals surface area contributed by atoms with Gasteiger partial charge in [-0.05, 0) is 49.2 Å². The Balaban J connectivity index is 2.23. The van der Waals surface area contributed by atoms with Crippen LogP contribution < -0.4 is 0 Å². The molecule has 2 heteroatoms. The van der Waals surface area contributed by atoms with Crippen LogP contribution in [-0.2, 0) is 0 Å². The van der Waals surface area contributed by atoms with Crippen LogP contribution in [0.4, 0.5) is 0 Å².